The largest absolute Gasteiger partial charge is 0.381 e. The minimum absolute atomic E-state index is 0.103. The van der Waals surface area contributed by atoms with Crippen LogP contribution in [0.1, 0.15) is 18.9 Å². The van der Waals surface area contributed by atoms with Crippen LogP contribution in [-0.4, -0.2) is 26.3 Å². The molecule has 1 aromatic rings. The molecule has 2 nitrogen and oxygen atoms in total. The van der Waals surface area contributed by atoms with Crippen LogP contribution < -0.4 is 5.32 Å². The first kappa shape index (κ1) is 14.0. The Morgan fingerprint density at radius 1 is 1.50 bits per heavy atom. The van der Waals surface area contributed by atoms with Gasteiger partial charge in [0.15, 0.2) is 0 Å². The molecule has 1 heterocycles. The summed E-state index contributed by atoms with van der Waals surface area (Å²) in [7, 11) is 0. The maximum atomic E-state index is 13.3. The molecule has 1 aliphatic heterocycles. The van der Waals surface area contributed by atoms with Crippen LogP contribution in [0.15, 0.2) is 22.7 Å². The third-order valence-electron chi connectivity index (χ3n) is 3.51. The first-order valence-corrected chi connectivity index (χ1v) is 7.17. The Morgan fingerprint density at radius 3 is 3.00 bits per heavy atom. The van der Waals surface area contributed by atoms with Crippen molar-refractivity contribution >= 4 is 15.9 Å². The highest BCUT2D eigenvalue weighted by atomic mass is 79.9. The first-order valence-electron chi connectivity index (χ1n) is 6.38. The van der Waals surface area contributed by atoms with Crippen molar-refractivity contribution in [2.24, 2.45) is 5.41 Å². The van der Waals surface area contributed by atoms with Crippen LogP contribution in [0.3, 0.4) is 0 Å². The molecule has 1 atom stereocenters. The summed E-state index contributed by atoms with van der Waals surface area (Å²) < 4.78 is 19.9. The second-order valence-corrected chi connectivity index (χ2v) is 5.85. The normalized spacial score (nSPS) is 23.5. The van der Waals surface area contributed by atoms with Crippen molar-refractivity contribution in [2.75, 3.05) is 26.3 Å². The number of hydrogen-bond acceptors (Lipinski definition) is 2. The van der Waals surface area contributed by atoms with Crippen molar-refractivity contribution in [3.63, 3.8) is 0 Å². The molecule has 1 saturated heterocycles. The van der Waals surface area contributed by atoms with Gasteiger partial charge in [0.2, 0.25) is 0 Å². The Kier molecular flexibility index (Phi) is 4.76. The van der Waals surface area contributed by atoms with Gasteiger partial charge in [-0.05, 0) is 43.1 Å². The fourth-order valence-electron chi connectivity index (χ4n) is 2.46. The standard InChI is InChI=1S/C14H19BrFNO/c1-2-17-9-14(5-6-18-10-14)8-11-7-12(16)3-4-13(11)15/h3-4,7,17H,2,5-6,8-10H2,1H3. The molecule has 1 unspecified atom stereocenters. The van der Waals surface area contributed by atoms with Crippen LogP contribution in [0.5, 0.6) is 0 Å². The van der Waals surface area contributed by atoms with Crippen molar-refractivity contribution in [3.05, 3.63) is 34.1 Å². The molecule has 1 aromatic carbocycles. The van der Waals surface area contributed by atoms with Gasteiger partial charge in [-0.1, -0.05) is 22.9 Å². The molecule has 0 bridgehead atoms. The van der Waals surface area contributed by atoms with Crippen molar-refractivity contribution in [2.45, 2.75) is 19.8 Å². The van der Waals surface area contributed by atoms with Gasteiger partial charge in [-0.15, -0.1) is 0 Å². The third kappa shape index (κ3) is 3.31. The molecule has 1 fully saturated rings. The van der Waals surface area contributed by atoms with Gasteiger partial charge in [-0.25, -0.2) is 4.39 Å². The van der Waals surface area contributed by atoms with E-state index in [-0.39, 0.29) is 11.2 Å². The smallest absolute Gasteiger partial charge is 0.123 e. The van der Waals surface area contributed by atoms with Gasteiger partial charge in [0.1, 0.15) is 5.82 Å². The maximum Gasteiger partial charge on any atom is 0.123 e. The van der Waals surface area contributed by atoms with Gasteiger partial charge in [-0.2, -0.15) is 0 Å². The fourth-order valence-corrected chi connectivity index (χ4v) is 2.85. The Bertz CT molecular complexity index is 405. The highest BCUT2D eigenvalue weighted by Gasteiger charge is 2.35. The van der Waals surface area contributed by atoms with Crippen molar-refractivity contribution in [1.82, 2.24) is 5.32 Å². The topological polar surface area (TPSA) is 21.3 Å². The van der Waals surface area contributed by atoms with E-state index in [1.807, 2.05) is 0 Å². The predicted molar refractivity (Wildman–Crippen MR) is 74.2 cm³/mol. The number of benzene rings is 1. The molecule has 0 aromatic heterocycles. The fraction of sp³-hybridized carbons (Fsp3) is 0.571. The van der Waals surface area contributed by atoms with Crippen molar-refractivity contribution < 1.29 is 9.13 Å². The van der Waals surface area contributed by atoms with E-state index in [2.05, 4.69) is 28.2 Å². The second-order valence-electron chi connectivity index (χ2n) is 5.00. The van der Waals surface area contributed by atoms with Crippen LogP contribution >= 0.6 is 15.9 Å². The summed E-state index contributed by atoms with van der Waals surface area (Å²) in [5, 5.41) is 3.40. The number of hydrogen-bond donors (Lipinski definition) is 1. The summed E-state index contributed by atoms with van der Waals surface area (Å²) in [6, 6.07) is 4.88. The lowest BCUT2D eigenvalue weighted by molar-refractivity contribution is 0.149. The van der Waals surface area contributed by atoms with E-state index in [1.165, 1.54) is 6.07 Å². The molecule has 0 aliphatic carbocycles. The average Bonchev–Trinajstić information content (AvgIpc) is 2.80. The summed E-state index contributed by atoms with van der Waals surface area (Å²) in [5.74, 6) is -0.175. The molecule has 4 heteroatoms. The quantitative estimate of drug-likeness (QED) is 0.901. The molecule has 2 rings (SSSR count). The molecule has 0 amide bonds. The highest BCUT2D eigenvalue weighted by molar-refractivity contribution is 9.10. The zero-order chi connectivity index (χ0) is 13.0. The molecule has 0 saturated carbocycles. The molecule has 1 N–H and O–H groups in total. The Hall–Kier alpha value is -0.450. The van der Waals surface area contributed by atoms with Gasteiger partial charge in [0.05, 0.1) is 6.61 Å². The van der Waals surface area contributed by atoms with Gasteiger partial charge in [0.25, 0.3) is 0 Å². The van der Waals surface area contributed by atoms with Gasteiger partial charge < -0.3 is 10.1 Å². The lowest BCUT2D eigenvalue weighted by Crippen LogP contribution is -2.36. The molecule has 0 spiro atoms. The SMILES string of the molecule is CCNCC1(Cc2cc(F)ccc2Br)CCOC1. The third-order valence-corrected chi connectivity index (χ3v) is 4.28. The lowest BCUT2D eigenvalue weighted by atomic mass is 9.81. The first-order chi connectivity index (χ1) is 8.65. The Labute approximate surface area is 116 Å². The summed E-state index contributed by atoms with van der Waals surface area (Å²) in [6.07, 6.45) is 1.88. The zero-order valence-corrected chi connectivity index (χ0v) is 12.2. The van der Waals surface area contributed by atoms with Gasteiger partial charge in [0, 0.05) is 23.0 Å². The van der Waals surface area contributed by atoms with Crippen molar-refractivity contribution in [3.8, 4) is 0 Å². The van der Waals surface area contributed by atoms with E-state index < -0.39 is 0 Å². The second kappa shape index (κ2) is 6.13. The number of halogens is 2. The molecule has 0 radical (unpaired) electrons. The van der Waals surface area contributed by atoms with E-state index in [1.54, 1.807) is 12.1 Å². The van der Waals surface area contributed by atoms with E-state index in [9.17, 15) is 4.39 Å². The summed E-state index contributed by atoms with van der Waals surface area (Å²) >= 11 is 3.50. The van der Waals surface area contributed by atoms with Crippen LogP contribution in [0, 0.1) is 11.2 Å². The molecule has 18 heavy (non-hydrogen) atoms. The average molecular weight is 316 g/mol. The maximum absolute atomic E-state index is 13.3. The summed E-state index contributed by atoms with van der Waals surface area (Å²) in [4.78, 5) is 0. The Morgan fingerprint density at radius 2 is 2.33 bits per heavy atom. The molecular weight excluding hydrogens is 297 g/mol. The van der Waals surface area contributed by atoms with E-state index in [0.717, 1.165) is 49.2 Å². The number of ether oxygens (including phenoxy) is 1. The summed E-state index contributed by atoms with van der Waals surface area (Å²) in [6.45, 7) is 5.53. The van der Waals surface area contributed by atoms with Crippen LogP contribution in [0.2, 0.25) is 0 Å². The van der Waals surface area contributed by atoms with Crippen LogP contribution in [-0.2, 0) is 11.2 Å². The molecule has 100 valence electrons. The lowest BCUT2D eigenvalue weighted by Gasteiger charge is -2.28. The number of rotatable bonds is 5. The van der Waals surface area contributed by atoms with Crippen LogP contribution in [0.4, 0.5) is 4.39 Å². The summed E-state index contributed by atoms with van der Waals surface area (Å²) in [5.41, 5.74) is 1.13. The van der Waals surface area contributed by atoms with Crippen molar-refractivity contribution in [1.29, 1.82) is 0 Å². The zero-order valence-electron chi connectivity index (χ0n) is 10.6. The Balaban J connectivity index is 2.15. The number of nitrogens with one attached hydrogen (secondary N) is 1. The van der Waals surface area contributed by atoms with E-state index in [0.29, 0.717) is 0 Å². The van der Waals surface area contributed by atoms with Gasteiger partial charge in [-0.3, -0.25) is 0 Å². The van der Waals surface area contributed by atoms with E-state index >= 15 is 0 Å². The monoisotopic (exact) mass is 315 g/mol. The molecular formula is C14H19BrFNO. The minimum atomic E-state index is -0.175. The van der Waals surface area contributed by atoms with Crippen LogP contribution in [0.25, 0.3) is 0 Å². The minimum Gasteiger partial charge on any atom is -0.381 e. The van der Waals surface area contributed by atoms with E-state index in [4.69, 9.17) is 4.74 Å². The molecule has 1 aliphatic rings. The van der Waals surface area contributed by atoms with Gasteiger partial charge >= 0.3 is 0 Å². The predicted octanol–water partition coefficient (Wildman–Crippen LogP) is 3.15. The highest BCUT2D eigenvalue weighted by Crippen LogP contribution is 2.34.